The van der Waals surface area contributed by atoms with E-state index >= 15 is 0 Å². The molecule has 1 heterocycles. The van der Waals surface area contributed by atoms with Crippen LogP contribution in [0.5, 0.6) is 5.75 Å². The van der Waals surface area contributed by atoms with Crippen molar-refractivity contribution in [2.45, 2.75) is 63.5 Å². The van der Waals surface area contributed by atoms with Crippen LogP contribution in [-0.4, -0.2) is 57.0 Å². The van der Waals surface area contributed by atoms with Gasteiger partial charge in [0.05, 0.1) is 29.8 Å². The molecular weight excluding hydrogens is 454 g/mol. The minimum Gasteiger partial charge on any atom is -0.488 e. The van der Waals surface area contributed by atoms with Gasteiger partial charge in [-0.2, -0.15) is 0 Å². The summed E-state index contributed by atoms with van der Waals surface area (Å²) in [6.45, 7) is 4.26. The highest BCUT2D eigenvalue weighted by molar-refractivity contribution is 7.92. The highest BCUT2D eigenvalue weighted by Gasteiger charge is 2.38. The van der Waals surface area contributed by atoms with Crippen molar-refractivity contribution in [2.75, 3.05) is 36.6 Å². The zero-order valence-electron chi connectivity index (χ0n) is 20.4. The fourth-order valence-corrected chi connectivity index (χ4v) is 6.24. The molecular formula is C24H35N5O4S. The lowest BCUT2D eigenvalue weighted by molar-refractivity contribution is 0.147. The first-order chi connectivity index (χ1) is 16.0. The van der Waals surface area contributed by atoms with Gasteiger partial charge in [0.1, 0.15) is 17.9 Å². The van der Waals surface area contributed by atoms with Crippen LogP contribution in [0.15, 0.2) is 18.5 Å². The van der Waals surface area contributed by atoms with Crippen LogP contribution in [0.2, 0.25) is 0 Å². The highest BCUT2D eigenvalue weighted by atomic mass is 32.2. The van der Waals surface area contributed by atoms with Crippen LogP contribution in [-0.2, 0) is 26.6 Å². The quantitative estimate of drug-likeness (QED) is 0.606. The summed E-state index contributed by atoms with van der Waals surface area (Å²) in [5.74, 6) is 0.877. The molecule has 4 rings (SSSR count). The second kappa shape index (κ2) is 9.31. The largest absolute Gasteiger partial charge is 0.488 e. The first-order valence-corrected chi connectivity index (χ1v) is 13.3. The Kier molecular flexibility index (Phi) is 6.76. The summed E-state index contributed by atoms with van der Waals surface area (Å²) in [7, 11) is -0.577. The molecule has 2 aliphatic carbocycles. The smallest absolute Gasteiger partial charge is 0.237 e. The number of methoxy groups -OCH3 is 1. The number of hydrogen-bond donors (Lipinski definition) is 2. The number of benzene rings is 1. The molecule has 10 heteroatoms. The third-order valence-electron chi connectivity index (χ3n) is 6.96. The standard InChI is InChI=1S/C24H35N5O4S/c1-24(2)13-18-17(21-20(24)23(26)28-14-27-21)9-10-19(33-16-7-5-15(25)6-8-16)22(18)29(3)34(30,31)12-11-32-4/h9-10,14-16H,5-8,11-13,25H2,1-4H3,(H2,26,27,28)/t15-,16-. The lowest BCUT2D eigenvalue weighted by Crippen LogP contribution is -2.35. The molecule has 0 saturated heterocycles. The van der Waals surface area contributed by atoms with Crippen molar-refractivity contribution in [3.8, 4) is 17.0 Å². The van der Waals surface area contributed by atoms with E-state index in [2.05, 4.69) is 23.8 Å². The molecule has 0 unspecified atom stereocenters. The molecule has 186 valence electrons. The number of anilines is 2. The van der Waals surface area contributed by atoms with Gasteiger partial charge in [0, 0.05) is 31.3 Å². The molecule has 2 aromatic rings. The summed E-state index contributed by atoms with van der Waals surface area (Å²) in [6, 6.07) is 4.01. The lowest BCUT2D eigenvalue weighted by Gasteiger charge is -2.37. The third-order valence-corrected chi connectivity index (χ3v) is 8.66. The summed E-state index contributed by atoms with van der Waals surface area (Å²) in [4.78, 5) is 8.75. The number of rotatable bonds is 7. The van der Waals surface area contributed by atoms with Gasteiger partial charge in [-0.15, -0.1) is 0 Å². The SMILES string of the molecule is COCCS(=O)(=O)N(C)c1c(O[C@H]2CC[C@H](N)CC2)ccc2c1CC(C)(C)c1c(N)ncnc1-2. The Morgan fingerprint density at radius 2 is 1.88 bits per heavy atom. The minimum atomic E-state index is -3.65. The van der Waals surface area contributed by atoms with Crippen LogP contribution in [0.3, 0.4) is 0 Å². The minimum absolute atomic E-state index is 0.00599. The van der Waals surface area contributed by atoms with E-state index in [1.165, 1.54) is 17.7 Å². The number of hydrogen-bond acceptors (Lipinski definition) is 8. The molecule has 1 aromatic heterocycles. The van der Waals surface area contributed by atoms with Gasteiger partial charge >= 0.3 is 0 Å². The molecule has 9 nitrogen and oxygen atoms in total. The van der Waals surface area contributed by atoms with Gasteiger partial charge in [-0.25, -0.2) is 18.4 Å². The average Bonchev–Trinajstić information content (AvgIpc) is 2.78. The van der Waals surface area contributed by atoms with Gasteiger partial charge in [0.25, 0.3) is 0 Å². The zero-order chi connectivity index (χ0) is 24.7. The Hall–Kier alpha value is -2.43. The summed E-state index contributed by atoms with van der Waals surface area (Å²) >= 11 is 0. The molecule has 0 bridgehead atoms. The Bertz CT molecular complexity index is 1160. The Morgan fingerprint density at radius 3 is 2.56 bits per heavy atom. The van der Waals surface area contributed by atoms with Gasteiger partial charge in [0.2, 0.25) is 10.0 Å². The van der Waals surface area contributed by atoms with Gasteiger partial charge in [-0.1, -0.05) is 13.8 Å². The van der Waals surface area contributed by atoms with E-state index in [1.807, 2.05) is 12.1 Å². The monoisotopic (exact) mass is 489 g/mol. The second-order valence-electron chi connectivity index (χ2n) is 9.91. The first-order valence-electron chi connectivity index (χ1n) is 11.7. The van der Waals surface area contributed by atoms with Crippen LogP contribution in [0, 0.1) is 0 Å². The molecule has 1 aromatic carbocycles. The molecule has 4 N–H and O–H groups in total. The van der Waals surface area contributed by atoms with Crippen molar-refractivity contribution >= 4 is 21.5 Å². The van der Waals surface area contributed by atoms with Gasteiger partial charge in [-0.05, 0) is 55.2 Å². The van der Waals surface area contributed by atoms with Crippen molar-refractivity contribution in [3.05, 3.63) is 29.6 Å². The lowest BCUT2D eigenvalue weighted by atomic mass is 9.71. The zero-order valence-corrected chi connectivity index (χ0v) is 21.2. The number of sulfonamides is 1. The maximum absolute atomic E-state index is 13.3. The fraction of sp³-hybridized carbons (Fsp3) is 0.583. The molecule has 0 atom stereocenters. The normalized spacial score (nSPS) is 21.4. The number of nitrogen functional groups attached to an aromatic ring is 1. The van der Waals surface area contributed by atoms with Crippen LogP contribution in [0.1, 0.15) is 50.7 Å². The molecule has 2 aliphatic rings. The molecule has 0 aliphatic heterocycles. The summed E-state index contributed by atoms with van der Waals surface area (Å²) < 4.78 is 39.4. The Labute approximate surface area is 201 Å². The summed E-state index contributed by atoms with van der Waals surface area (Å²) in [5, 5.41) is 0. The van der Waals surface area contributed by atoms with Crippen molar-refractivity contribution in [2.24, 2.45) is 5.73 Å². The average molecular weight is 490 g/mol. The van der Waals surface area contributed by atoms with Crippen molar-refractivity contribution < 1.29 is 17.9 Å². The van der Waals surface area contributed by atoms with Crippen molar-refractivity contribution in [1.29, 1.82) is 0 Å². The maximum Gasteiger partial charge on any atom is 0.237 e. The van der Waals surface area contributed by atoms with Crippen LogP contribution < -0.4 is 20.5 Å². The topological polar surface area (TPSA) is 134 Å². The Balaban J connectivity index is 1.86. The second-order valence-corrected chi connectivity index (χ2v) is 12.0. The van der Waals surface area contributed by atoms with Gasteiger partial charge < -0.3 is 20.9 Å². The van der Waals surface area contributed by atoms with Gasteiger partial charge in [0.15, 0.2) is 0 Å². The third kappa shape index (κ3) is 4.58. The van der Waals surface area contributed by atoms with Crippen LogP contribution >= 0.6 is 0 Å². The number of fused-ring (bicyclic) bond motifs is 3. The van der Waals surface area contributed by atoms with E-state index in [-0.39, 0.29) is 24.5 Å². The number of aromatic nitrogens is 2. The maximum atomic E-state index is 13.3. The number of nitrogens with zero attached hydrogens (tertiary/aromatic N) is 3. The van der Waals surface area contributed by atoms with Crippen LogP contribution in [0.25, 0.3) is 11.3 Å². The van der Waals surface area contributed by atoms with Crippen molar-refractivity contribution in [1.82, 2.24) is 9.97 Å². The predicted molar refractivity (Wildman–Crippen MR) is 134 cm³/mol. The van der Waals surface area contributed by atoms with E-state index in [9.17, 15) is 8.42 Å². The van der Waals surface area contributed by atoms with E-state index in [4.69, 9.17) is 20.9 Å². The molecule has 0 amide bonds. The van der Waals surface area contributed by atoms with E-state index in [1.54, 1.807) is 7.05 Å². The van der Waals surface area contributed by atoms with Gasteiger partial charge in [-0.3, -0.25) is 4.31 Å². The summed E-state index contributed by atoms with van der Waals surface area (Å²) in [5.41, 5.74) is 15.8. The molecule has 0 radical (unpaired) electrons. The van der Waals surface area contributed by atoms with Crippen molar-refractivity contribution in [3.63, 3.8) is 0 Å². The highest BCUT2D eigenvalue weighted by Crippen LogP contribution is 2.50. The predicted octanol–water partition coefficient (Wildman–Crippen LogP) is 2.62. The molecule has 1 fully saturated rings. The molecule has 0 spiro atoms. The summed E-state index contributed by atoms with van der Waals surface area (Å²) in [6.07, 6.45) is 5.49. The molecule has 34 heavy (non-hydrogen) atoms. The number of nitrogens with two attached hydrogens (primary N) is 2. The van der Waals surface area contributed by atoms with Crippen LogP contribution in [0.4, 0.5) is 11.5 Å². The number of ether oxygens (including phenoxy) is 2. The Morgan fingerprint density at radius 1 is 1.18 bits per heavy atom. The first kappa shape index (κ1) is 24.7. The van der Waals surface area contributed by atoms with E-state index in [0.29, 0.717) is 23.7 Å². The van der Waals surface area contributed by atoms with E-state index in [0.717, 1.165) is 48.1 Å². The fourth-order valence-electron chi connectivity index (χ4n) is 5.11. The van der Waals surface area contributed by atoms with E-state index < -0.39 is 15.4 Å². The molecule has 1 saturated carbocycles.